The maximum absolute atomic E-state index is 12.5. The van der Waals surface area contributed by atoms with Crippen LogP contribution in [-0.2, 0) is 0 Å². The third kappa shape index (κ3) is 3.11. The van der Waals surface area contributed by atoms with E-state index in [9.17, 15) is 4.79 Å². The highest BCUT2D eigenvalue weighted by Crippen LogP contribution is 2.18. The highest BCUT2D eigenvalue weighted by Gasteiger charge is 2.22. The van der Waals surface area contributed by atoms with E-state index in [0.29, 0.717) is 0 Å². The number of anilines is 1. The van der Waals surface area contributed by atoms with Gasteiger partial charge in [0, 0.05) is 37.8 Å². The Balaban J connectivity index is 1.72. The van der Waals surface area contributed by atoms with Crippen molar-refractivity contribution in [3.05, 3.63) is 40.0 Å². The summed E-state index contributed by atoms with van der Waals surface area (Å²) in [6.07, 6.45) is 2.74. The van der Waals surface area contributed by atoms with E-state index < -0.39 is 0 Å². The molecule has 0 saturated carbocycles. The first kappa shape index (κ1) is 15.0. The van der Waals surface area contributed by atoms with Gasteiger partial charge in [-0.2, -0.15) is 11.3 Å². The Morgan fingerprint density at radius 3 is 2.86 bits per heavy atom. The van der Waals surface area contributed by atoms with Gasteiger partial charge in [0.25, 0.3) is 5.91 Å². The second kappa shape index (κ2) is 6.44. The summed E-state index contributed by atoms with van der Waals surface area (Å²) in [7, 11) is 0. The molecule has 22 heavy (non-hydrogen) atoms. The lowest BCUT2D eigenvalue weighted by molar-refractivity contribution is 0.0767. The molecule has 116 valence electrons. The van der Waals surface area contributed by atoms with Crippen LogP contribution in [0.4, 0.5) is 5.82 Å². The molecule has 2 aromatic heterocycles. The van der Waals surface area contributed by atoms with Gasteiger partial charge in [0.2, 0.25) is 0 Å². The molecule has 1 aliphatic heterocycles. The molecule has 0 unspecified atom stereocenters. The van der Waals surface area contributed by atoms with Crippen molar-refractivity contribution < 1.29 is 4.79 Å². The van der Waals surface area contributed by atoms with E-state index in [1.165, 1.54) is 0 Å². The molecule has 0 aromatic carbocycles. The average molecular weight is 316 g/mol. The Labute approximate surface area is 134 Å². The first-order valence-electron chi connectivity index (χ1n) is 7.52. The molecule has 5 nitrogen and oxygen atoms in total. The van der Waals surface area contributed by atoms with Gasteiger partial charge in [0.15, 0.2) is 0 Å². The number of carbonyl (C=O) groups is 1. The van der Waals surface area contributed by atoms with Gasteiger partial charge in [-0.15, -0.1) is 0 Å². The fourth-order valence-electron chi connectivity index (χ4n) is 2.73. The maximum atomic E-state index is 12.5. The molecule has 0 N–H and O–H groups in total. The van der Waals surface area contributed by atoms with Crippen LogP contribution < -0.4 is 4.90 Å². The van der Waals surface area contributed by atoms with Crippen molar-refractivity contribution in [2.75, 3.05) is 31.1 Å². The number of hydrogen-bond acceptors (Lipinski definition) is 5. The molecule has 1 saturated heterocycles. The summed E-state index contributed by atoms with van der Waals surface area (Å²) in [5.41, 5.74) is 2.67. The molecule has 1 amide bonds. The van der Waals surface area contributed by atoms with Crippen LogP contribution in [0.25, 0.3) is 0 Å². The lowest BCUT2D eigenvalue weighted by Gasteiger charge is -2.23. The zero-order valence-electron chi connectivity index (χ0n) is 13.0. The van der Waals surface area contributed by atoms with Crippen molar-refractivity contribution in [3.8, 4) is 0 Å². The Bertz CT molecular complexity index is 656. The minimum Gasteiger partial charge on any atom is -0.353 e. The summed E-state index contributed by atoms with van der Waals surface area (Å²) in [5, 5.41) is 3.87. The fraction of sp³-hybridized carbons (Fsp3) is 0.438. The van der Waals surface area contributed by atoms with Crippen molar-refractivity contribution in [2.45, 2.75) is 20.3 Å². The van der Waals surface area contributed by atoms with Crippen molar-refractivity contribution in [2.24, 2.45) is 0 Å². The first-order chi connectivity index (χ1) is 10.6. The van der Waals surface area contributed by atoms with Gasteiger partial charge in [-0.1, -0.05) is 0 Å². The van der Waals surface area contributed by atoms with Gasteiger partial charge < -0.3 is 9.80 Å². The summed E-state index contributed by atoms with van der Waals surface area (Å²) in [5.74, 6) is 1.08. The standard InChI is InChI=1S/C16H20N4OS/c1-12-10-17-13(2)15(18-12)19-5-3-6-20(8-7-19)16(21)14-4-9-22-11-14/h4,9-11H,3,5-8H2,1-2H3. The fourth-order valence-corrected chi connectivity index (χ4v) is 3.36. The van der Waals surface area contributed by atoms with Crippen LogP contribution in [0.15, 0.2) is 23.0 Å². The van der Waals surface area contributed by atoms with E-state index in [2.05, 4.69) is 14.9 Å². The van der Waals surface area contributed by atoms with Gasteiger partial charge in [0.05, 0.1) is 17.0 Å². The summed E-state index contributed by atoms with van der Waals surface area (Å²) < 4.78 is 0. The van der Waals surface area contributed by atoms with Crippen molar-refractivity contribution in [3.63, 3.8) is 0 Å². The smallest absolute Gasteiger partial charge is 0.254 e. The SMILES string of the molecule is Cc1cnc(C)c(N2CCCN(C(=O)c3ccsc3)CC2)n1. The van der Waals surface area contributed by atoms with Crippen LogP contribution in [0.3, 0.4) is 0 Å². The quantitative estimate of drug-likeness (QED) is 0.854. The van der Waals surface area contributed by atoms with Gasteiger partial charge in [-0.3, -0.25) is 9.78 Å². The van der Waals surface area contributed by atoms with Crippen molar-refractivity contribution in [1.82, 2.24) is 14.9 Å². The van der Waals surface area contributed by atoms with Crippen LogP contribution in [0, 0.1) is 13.8 Å². The third-order valence-electron chi connectivity index (χ3n) is 3.90. The zero-order valence-corrected chi connectivity index (χ0v) is 13.8. The van der Waals surface area contributed by atoms with Crippen LogP contribution in [0.5, 0.6) is 0 Å². The lowest BCUT2D eigenvalue weighted by atomic mass is 10.3. The average Bonchev–Trinajstić information content (AvgIpc) is 2.94. The van der Waals surface area contributed by atoms with Gasteiger partial charge in [-0.05, 0) is 31.7 Å². The molecule has 3 rings (SSSR count). The molecule has 2 aromatic rings. The molecule has 0 aliphatic carbocycles. The van der Waals surface area contributed by atoms with Crippen LogP contribution >= 0.6 is 11.3 Å². The van der Waals surface area contributed by atoms with Gasteiger partial charge in [0.1, 0.15) is 5.82 Å². The topological polar surface area (TPSA) is 49.3 Å². The molecule has 0 atom stereocenters. The molecule has 1 fully saturated rings. The van der Waals surface area contributed by atoms with Gasteiger partial charge >= 0.3 is 0 Å². The number of nitrogens with zero attached hydrogens (tertiary/aromatic N) is 4. The lowest BCUT2D eigenvalue weighted by Crippen LogP contribution is -2.35. The maximum Gasteiger partial charge on any atom is 0.254 e. The summed E-state index contributed by atoms with van der Waals surface area (Å²) >= 11 is 1.56. The molecule has 1 aliphatic rings. The first-order valence-corrected chi connectivity index (χ1v) is 8.46. The number of amides is 1. The predicted molar refractivity (Wildman–Crippen MR) is 88.6 cm³/mol. The van der Waals surface area contributed by atoms with E-state index in [1.807, 2.05) is 35.6 Å². The summed E-state index contributed by atoms with van der Waals surface area (Å²) in [6, 6.07) is 1.89. The number of aromatic nitrogens is 2. The number of carbonyl (C=O) groups excluding carboxylic acids is 1. The van der Waals surface area contributed by atoms with Crippen LogP contribution in [0.2, 0.25) is 0 Å². The number of thiophene rings is 1. The molecular weight excluding hydrogens is 296 g/mol. The monoisotopic (exact) mass is 316 g/mol. The molecule has 0 bridgehead atoms. The molecule has 0 spiro atoms. The molecular formula is C16H20N4OS. The normalized spacial score (nSPS) is 15.7. The van der Waals surface area contributed by atoms with Crippen LogP contribution in [-0.4, -0.2) is 47.0 Å². The van der Waals surface area contributed by atoms with Crippen molar-refractivity contribution >= 4 is 23.1 Å². The second-order valence-electron chi connectivity index (χ2n) is 5.57. The van der Waals surface area contributed by atoms with E-state index in [-0.39, 0.29) is 5.91 Å². The van der Waals surface area contributed by atoms with E-state index in [4.69, 9.17) is 0 Å². The molecule has 0 radical (unpaired) electrons. The van der Waals surface area contributed by atoms with Crippen molar-refractivity contribution in [1.29, 1.82) is 0 Å². The highest BCUT2D eigenvalue weighted by molar-refractivity contribution is 7.08. The van der Waals surface area contributed by atoms with Gasteiger partial charge in [-0.25, -0.2) is 4.98 Å². The zero-order chi connectivity index (χ0) is 15.5. The number of aryl methyl sites for hydroxylation is 2. The molecule has 6 heteroatoms. The highest BCUT2D eigenvalue weighted by atomic mass is 32.1. The third-order valence-corrected chi connectivity index (χ3v) is 4.58. The minimum absolute atomic E-state index is 0.134. The summed E-state index contributed by atoms with van der Waals surface area (Å²) in [4.78, 5) is 25.7. The Hall–Kier alpha value is -1.95. The van der Waals surface area contributed by atoms with E-state index in [0.717, 1.165) is 55.4 Å². The Kier molecular flexibility index (Phi) is 4.38. The predicted octanol–water partition coefficient (Wildman–Crippen LogP) is 2.51. The van der Waals surface area contributed by atoms with E-state index >= 15 is 0 Å². The Morgan fingerprint density at radius 1 is 1.23 bits per heavy atom. The number of rotatable bonds is 2. The van der Waals surface area contributed by atoms with Crippen LogP contribution in [0.1, 0.15) is 28.2 Å². The second-order valence-corrected chi connectivity index (χ2v) is 6.35. The number of hydrogen-bond donors (Lipinski definition) is 0. The largest absolute Gasteiger partial charge is 0.353 e. The molecule has 3 heterocycles. The van der Waals surface area contributed by atoms with E-state index in [1.54, 1.807) is 17.5 Å². The Morgan fingerprint density at radius 2 is 2.09 bits per heavy atom. The minimum atomic E-state index is 0.134. The summed E-state index contributed by atoms with van der Waals surface area (Å²) in [6.45, 7) is 7.18.